The molecular formula is C16H21N3OS. The predicted octanol–water partition coefficient (Wildman–Crippen LogP) is 1.93. The van der Waals surface area contributed by atoms with Crippen LogP contribution in [0.25, 0.3) is 0 Å². The van der Waals surface area contributed by atoms with Crippen LogP contribution in [0.1, 0.15) is 24.0 Å². The molecule has 4 nitrogen and oxygen atoms in total. The molecule has 0 unspecified atom stereocenters. The Hall–Kier alpha value is -1.46. The third-order valence-electron chi connectivity index (χ3n) is 3.86. The fourth-order valence-electron chi connectivity index (χ4n) is 2.61. The summed E-state index contributed by atoms with van der Waals surface area (Å²) in [6.45, 7) is 1.65. The number of nitrogens with zero attached hydrogens (tertiary/aromatic N) is 2. The summed E-state index contributed by atoms with van der Waals surface area (Å²) >= 11 is 0. The van der Waals surface area contributed by atoms with E-state index < -0.39 is 10.8 Å². The Morgan fingerprint density at radius 3 is 2.71 bits per heavy atom. The van der Waals surface area contributed by atoms with Crippen molar-refractivity contribution < 1.29 is 4.21 Å². The van der Waals surface area contributed by atoms with E-state index in [-0.39, 0.29) is 0 Å². The summed E-state index contributed by atoms with van der Waals surface area (Å²) in [6, 6.07) is 10.9. The molecule has 1 fully saturated rings. The minimum atomic E-state index is -0.584. The lowest BCUT2D eigenvalue weighted by Crippen LogP contribution is -2.35. The quantitative estimate of drug-likeness (QED) is 0.918. The summed E-state index contributed by atoms with van der Waals surface area (Å²) in [5, 5.41) is 7.96. The van der Waals surface area contributed by atoms with Gasteiger partial charge in [-0.1, -0.05) is 30.3 Å². The largest absolute Gasteiger partial charge is 0.310 e. The smallest absolute Gasteiger partial charge is 0.0659 e. The van der Waals surface area contributed by atoms with Crippen LogP contribution >= 0.6 is 0 Å². The fourth-order valence-corrected chi connectivity index (χ4v) is 3.91. The normalized spacial score (nSPS) is 22.3. The molecule has 5 heteroatoms. The first-order valence-electron chi connectivity index (χ1n) is 7.43. The second kappa shape index (κ2) is 7.00. The van der Waals surface area contributed by atoms with E-state index in [2.05, 4.69) is 28.7 Å². The van der Waals surface area contributed by atoms with Crippen LogP contribution in [0.4, 0.5) is 0 Å². The van der Waals surface area contributed by atoms with Gasteiger partial charge in [0.15, 0.2) is 0 Å². The molecule has 0 atom stereocenters. The monoisotopic (exact) mass is 303 g/mol. The van der Waals surface area contributed by atoms with E-state index in [9.17, 15) is 4.21 Å². The minimum absolute atomic E-state index is 0.500. The molecule has 1 N–H and O–H groups in total. The van der Waals surface area contributed by atoms with Crippen molar-refractivity contribution in [1.82, 2.24) is 15.1 Å². The molecule has 1 aliphatic heterocycles. The molecule has 1 saturated heterocycles. The highest BCUT2D eigenvalue weighted by Crippen LogP contribution is 2.10. The van der Waals surface area contributed by atoms with Gasteiger partial charge in [0.05, 0.1) is 12.7 Å². The third-order valence-corrected chi connectivity index (χ3v) is 5.24. The van der Waals surface area contributed by atoms with Crippen molar-refractivity contribution in [2.45, 2.75) is 32.0 Å². The van der Waals surface area contributed by atoms with E-state index in [1.54, 1.807) is 0 Å². The van der Waals surface area contributed by atoms with Crippen LogP contribution in [0.5, 0.6) is 0 Å². The number of nitrogens with one attached hydrogen (secondary N) is 1. The lowest BCUT2D eigenvalue weighted by Gasteiger charge is -2.22. The molecule has 0 spiro atoms. The van der Waals surface area contributed by atoms with Crippen LogP contribution in [0.2, 0.25) is 0 Å². The second-order valence-corrected chi connectivity index (χ2v) is 7.23. The highest BCUT2D eigenvalue weighted by molar-refractivity contribution is 7.85. The van der Waals surface area contributed by atoms with Crippen LogP contribution in [0, 0.1) is 0 Å². The number of benzene rings is 1. The second-order valence-electron chi connectivity index (χ2n) is 5.54. The molecule has 2 heterocycles. The molecule has 0 radical (unpaired) electrons. The van der Waals surface area contributed by atoms with Crippen molar-refractivity contribution in [3.8, 4) is 0 Å². The van der Waals surface area contributed by atoms with E-state index in [1.807, 2.05) is 29.1 Å². The van der Waals surface area contributed by atoms with Gasteiger partial charge in [-0.25, -0.2) is 0 Å². The zero-order valence-corrected chi connectivity index (χ0v) is 12.9. The first-order valence-corrected chi connectivity index (χ1v) is 8.92. The van der Waals surface area contributed by atoms with E-state index in [0.29, 0.717) is 6.04 Å². The summed E-state index contributed by atoms with van der Waals surface area (Å²) in [4.78, 5) is 0. The highest BCUT2D eigenvalue weighted by atomic mass is 32.2. The van der Waals surface area contributed by atoms with Crippen LogP contribution in [0.15, 0.2) is 42.7 Å². The topological polar surface area (TPSA) is 46.9 Å². The first-order chi connectivity index (χ1) is 10.3. The predicted molar refractivity (Wildman–Crippen MR) is 85.5 cm³/mol. The molecule has 1 aromatic carbocycles. The van der Waals surface area contributed by atoms with Crippen molar-refractivity contribution in [3.05, 3.63) is 53.9 Å². The van der Waals surface area contributed by atoms with E-state index >= 15 is 0 Å². The van der Waals surface area contributed by atoms with Gasteiger partial charge < -0.3 is 5.32 Å². The molecule has 0 saturated carbocycles. The minimum Gasteiger partial charge on any atom is -0.310 e. The molecular weight excluding hydrogens is 282 g/mol. The third kappa shape index (κ3) is 4.25. The van der Waals surface area contributed by atoms with Gasteiger partial charge in [-0.2, -0.15) is 5.10 Å². The Morgan fingerprint density at radius 1 is 1.19 bits per heavy atom. The van der Waals surface area contributed by atoms with Gasteiger partial charge in [0.1, 0.15) is 0 Å². The molecule has 0 aliphatic carbocycles. The van der Waals surface area contributed by atoms with Crippen molar-refractivity contribution in [2.24, 2.45) is 0 Å². The van der Waals surface area contributed by atoms with Crippen molar-refractivity contribution in [1.29, 1.82) is 0 Å². The van der Waals surface area contributed by atoms with Crippen LogP contribution in [-0.4, -0.2) is 31.5 Å². The summed E-state index contributed by atoms with van der Waals surface area (Å²) in [5.41, 5.74) is 2.47. The number of rotatable bonds is 5. The maximum absolute atomic E-state index is 11.3. The molecule has 112 valence electrons. The van der Waals surface area contributed by atoms with Gasteiger partial charge in [-0.05, 0) is 18.4 Å². The average molecular weight is 303 g/mol. The lowest BCUT2D eigenvalue weighted by atomic mass is 10.1. The fraction of sp³-hybridized carbons (Fsp3) is 0.438. The zero-order valence-electron chi connectivity index (χ0n) is 12.1. The number of hydrogen-bond donors (Lipinski definition) is 1. The van der Waals surface area contributed by atoms with Gasteiger partial charge in [0.25, 0.3) is 0 Å². The van der Waals surface area contributed by atoms with Gasteiger partial charge in [-0.15, -0.1) is 0 Å². The highest BCUT2D eigenvalue weighted by Gasteiger charge is 2.17. The van der Waals surface area contributed by atoms with Crippen LogP contribution < -0.4 is 5.32 Å². The van der Waals surface area contributed by atoms with Crippen molar-refractivity contribution in [2.75, 3.05) is 11.5 Å². The molecule has 1 aromatic heterocycles. The van der Waals surface area contributed by atoms with E-state index in [1.165, 1.54) is 11.1 Å². The maximum atomic E-state index is 11.3. The maximum Gasteiger partial charge on any atom is 0.0659 e. The van der Waals surface area contributed by atoms with E-state index in [0.717, 1.165) is 37.4 Å². The Kier molecular flexibility index (Phi) is 4.83. The molecule has 1 aliphatic rings. The standard InChI is InChI=1S/C16H21N3OS/c20-21-8-6-16(7-9-21)17-10-15-11-18-19(13-15)12-14-4-2-1-3-5-14/h1-5,11,13,16-17H,6-10,12H2. The Labute approximate surface area is 128 Å². The SMILES string of the molecule is O=S1CCC(NCc2cnn(Cc3ccccc3)c2)CC1. The summed E-state index contributed by atoms with van der Waals surface area (Å²) in [7, 11) is -0.584. The number of hydrogen-bond acceptors (Lipinski definition) is 3. The molecule has 2 aromatic rings. The van der Waals surface area contributed by atoms with Gasteiger partial charge in [0.2, 0.25) is 0 Å². The van der Waals surface area contributed by atoms with Crippen molar-refractivity contribution in [3.63, 3.8) is 0 Å². The molecule has 21 heavy (non-hydrogen) atoms. The van der Waals surface area contributed by atoms with Crippen molar-refractivity contribution >= 4 is 10.8 Å². The van der Waals surface area contributed by atoms with Gasteiger partial charge >= 0.3 is 0 Å². The first kappa shape index (κ1) is 14.5. The molecule has 0 amide bonds. The van der Waals surface area contributed by atoms with Gasteiger partial charge in [0, 0.05) is 46.7 Å². The molecule has 3 rings (SSSR count). The van der Waals surface area contributed by atoms with Crippen LogP contribution in [-0.2, 0) is 23.9 Å². The molecule has 0 bridgehead atoms. The summed E-state index contributed by atoms with van der Waals surface area (Å²) < 4.78 is 13.3. The zero-order chi connectivity index (χ0) is 14.5. The Balaban J connectivity index is 1.50. The Bertz CT molecular complexity index is 587. The van der Waals surface area contributed by atoms with E-state index in [4.69, 9.17) is 0 Å². The van der Waals surface area contributed by atoms with Gasteiger partial charge in [-0.3, -0.25) is 8.89 Å². The summed E-state index contributed by atoms with van der Waals surface area (Å²) in [6.07, 6.45) is 6.06. The lowest BCUT2D eigenvalue weighted by molar-refractivity contribution is 0.475. The average Bonchev–Trinajstić information content (AvgIpc) is 2.95. The number of aromatic nitrogens is 2. The Morgan fingerprint density at radius 2 is 1.95 bits per heavy atom. The summed E-state index contributed by atoms with van der Waals surface area (Å²) in [5.74, 6) is 1.68. The van der Waals surface area contributed by atoms with Crippen LogP contribution in [0.3, 0.4) is 0 Å².